The number of thiazole rings is 1. The van der Waals surface area contributed by atoms with Crippen LogP contribution in [0.15, 0.2) is 30.5 Å². The number of amides is 1. The minimum atomic E-state index is -0.333. The summed E-state index contributed by atoms with van der Waals surface area (Å²) in [6.07, 6.45) is 2.08. The number of aromatic nitrogens is 2. The number of hydrogen-bond acceptors (Lipinski definition) is 4. The summed E-state index contributed by atoms with van der Waals surface area (Å²) in [4.78, 5) is 21.1. The van der Waals surface area contributed by atoms with E-state index in [2.05, 4.69) is 18.0 Å². The molecule has 0 atom stereocenters. The van der Waals surface area contributed by atoms with Gasteiger partial charge >= 0.3 is 0 Å². The highest BCUT2D eigenvalue weighted by Crippen LogP contribution is 2.28. The summed E-state index contributed by atoms with van der Waals surface area (Å²) in [7, 11) is 0. The van der Waals surface area contributed by atoms with Crippen LogP contribution in [0.2, 0.25) is 0 Å². The topological polar surface area (TPSA) is 68.9 Å². The SMILES string of the molecule is Cc1ncc(-c2cc(C)c3ccc(CC(N)=O)cc3n2)s1. The third-order valence-electron chi connectivity index (χ3n) is 3.33. The van der Waals surface area contributed by atoms with Crippen molar-refractivity contribution >= 4 is 28.1 Å². The van der Waals surface area contributed by atoms with Gasteiger partial charge in [0.05, 0.1) is 27.5 Å². The number of carbonyl (C=O) groups excluding carboxylic acids is 1. The number of fused-ring (bicyclic) bond motifs is 1. The summed E-state index contributed by atoms with van der Waals surface area (Å²) < 4.78 is 0. The maximum absolute atomic E-state index is 11.1. The maximum atomic E-state index is 11.1. The van der Waals surface area contributed by atoms with Crippen molar-refractivity contribution in [2.75, 3.05) is 0 Å². The minimum Gasteiger partial charge on any atom is -0.369 e. The van der Waals surface area contributed by atoms with Crippen molar-refractivity contribution in [1.82, 2.24) is 9.97 Å². The van der Waals surface area contributed by atoms with E-state index in [1.807, 2.05) is 31.3 Å². The lowest BCUT2D eigenvalue weighted by atomic mass is 10.0. The lowest BCUT2D eigenvalue weighted by Gasteiger charge is -2.07. The molecular formula is C16H15N3OS. The molecule has 2 aromatic heterocycles. The normalized spacial score (nSPS) is 11.0. The Hall–Kier alpha value is -2.27. The summed E-state index contributed by atoms with van der Waals surface area (Å²) >= 11 is 1.63. The van der Waals surface area contributed by atoms with Crippen molar-refractivity contribution in [2.45, 2.75) is 20.3 Å². The second-order valence-corrected chi connectivity index (χ2v) is 6.30. The van der Waals surface area contributed by atoms with Gasteiger partial charge in [0.1, 0.15) is 0 Å². The molecule has 1 aromatic carbocycles. The van der Waals surface area contributed by atoms with E-state index in [-0.39, 0.29) is 12.3 Å². The highest BCUT2D eigenvalue weighted by molar-refractivity contribution is 7.15. The Morgan fingerprint density at radius 2 is 2.10 bits per heavy atom. The molecule has 0 fully saturated rings. The molecule has 0 aliphatic carbocycles. The third kappa shape index (κ3) is 2.78. The highest BCUT2D eigenvalue weighted by Gasteiger charge is 2.09. The molecular weight excluding hydrogens is 282 g/mol. The molecule has 0 spiro atoms. The van der Waals surface area contributed by atoms with Crippen molar-refractivity contribution < 1.29 is 4.79 Å². The molecule has 2 N–H and O–H groups in total. The zero-order valence-corrected chi connectivity index (χ0v) is 12.7. The van der Waals surface area contributed by atoms with Crippen molar-refractivity contribution in [3.05, 3.63) is 46.6 Å². The molecule has 0 saturated heterocycles. The fourth-order valence-electron chi connectivity index (χ4n) is 2.37. The first-order valence-electron chi connectivity index (χ1n) is 6.64. The smallest absolute Gasteiger partial charge is 0.221 e. The number of pyridine rings is 1. The van der Waals surface area contributed by atoms with Gasteiger partial charge in [-0.25, -0.2) is 9.97 Å². The van der Waals surface area contributed by atoms with Crippen LogP contribution >= 0.6 is 11.3 Å². The van der Waals surface area contributed by atoms with E-state index in [9.17, 15) is 4.79 Å². The predicted molar refractivity (Wildman–Crippen MR) is 85.2 cm³/mol. The van der Waals surface area contributed by atoms with Crippen LogP contribution in [0.5, 0.6) is 0 Å². The number of hydrogen-bond donors (Lipinski definition) is 1. The Morgan fingerprint density at radius 3 is 2.76 bits per heavy atom. The van der Waals surface area contributed by atoms with Crippen LogP contribution in [-0.4, -0.2) is 15.9 Å². The molecule has 0 unspecified atom stereocenters. The molecule has 0 bridgehead atoms. The number of nitrogens with zero attached hydrogens (tertiary/aromatic N) is 2. The summed E-state index contributed by atoms with van der Waals surface area (Å²) in [5, 5.41) is 2.11. The third-order valence-corrected chi connectivity index (χ3v) is 4.27. The van der Waals surface area contributed by atoms with Gasteiger partial charge in [0, 0.05) is 11.6 Å². The lowest BCUT2D eigenvalue weighted by molar-refractivity contribution is -0.117. The van der Waals surface area contributed by atoms with Gasteiger partial charge in [-0.15, -0.1) is 11.3 Å². The Kier molecular flexibility index (Phi) is 3.43. The predicted octanol–water partition coefficient (Wildman–Crippen LogP) is 3.00. The monoisotopic (exact) mass is 297 g/mol. The van der Waals surface area contributed by atoms with Crippen LogP contribution in [0, 0.1) is 13.8 Å². The number of primary amides is 1. The van der Waals surface area contributed by atoms with Crippen LogP contribution in [0.4, 0.5) is 0 Å². The van der Waals surface area contributed by atoms with E-state index in [0.717, 1.165) is 37.6 Å². The zero-order valence-electron chi connectivity index (χ0n) is 11.9. The van der Waals surface area contributed by atoms with Gasteiger partial charge in [-0.3, -0.25) is 4.79 Å². The molecule has 0 aliphatic heterocycles. The molecule has 4 nitrogen and oxygen atoms in total. The van der Waals surface area contributed by atoms with E-state index >= 15 is 0 Å². The number of rotatable bonds is 3. The lowest BCUT2D eigenvalue weighted by Crippen LogP contribution is -2.13. The Balaban J connectivity index is 2.14. The first-order valence-corrected chi connectivity index (χ1v) is 7.46. The first kappa shape index (κ1) is 13.7. The van der Waals surface area contributed by atoms with Gasteiger partial charge in [0.15, 0.2) is 0 Å². The van der Waals surface area contributed by atoms with E-state index in [4.69, 9.17) is 10.7 Å². The fraction of sp³-hybridized carbons (Fsp3) is 0.188. The minimum absolute atomic E-state index is 0.237. The summed E-state index contributed by atoms with van der Waals surface area (Å²) in [6, 6.07) is 7.93. The quantitative estimate of drug-likeness (QED) is 0.808. The van der Waals surface area contributed by atoms with Gasteiger partial charge in [-0.1, -0.05) is 12.1 Å². The van der Waals surface area contributed by atoms with Gasteiger partial charge < -0.3 is 5.73 Å². The second kappa shape index (κ2) is 5.26. The van der Waals surface area contributed by atoms with E-state index in [0.29, 0.717) is 0 Å². The molecule has 5 heteroatoms. The average Bonchev–Trinajstić information content (AvgIpc) is 2.84. The summed E-state index contributed by atoms with van der Waals surface area (Å²) in [5.41, 5.74) is 9.11. The maximum Gasteiger partial charge on any atom is 0.221 e. The van der Waals surface area contributed by atoms with Gasteiger partial charge in [0.25, 0.3) is 0 Å². The number of carbonyl (C=O) groups is 1. The molecule has 0 radical (unpaired) electrons. The summed E-state index contributed by atoms with van der Waals surface area (Å²) in [6.45, 7) is 4.04. The Bertz CT molecular complexity index is 839. The Morgan fingerprint density at radius 1 is 1.29 bits per heavy atom. The van der Waals surface area contributed by atoms with E-state index < -0.39 is 0 Å². The highest BCUT2D eigenvalue weighted by atomic mass is 32.1. The standard InChI is InChI=1S/C16H15N3OS/c1-9-5-14(15-8-18-10(2)21-15)19-13-6-11(7-16(17)20)3-4-12(9)13/h3-6,8H,7H2,1-2H3,(H2,17,20). The fourth-order valence-corrected chi connectivity index (χ4v) is 3.10. The molecule has 21 heavy (non-hydrogen) atoms. The number of benzene rings is 1. The molecule has 0 saturated carbocycles. The molecule has 3 rings (SSSR count). The average molecular weight is 297 g/mol. The van der Waals surface area contributed by atoms with Crippen molar-refractivity contribution in [3.63, 3.8) is 0 Å². The molecule has 0 aliphatic rings. The molecule has 3 aromatic rings. The molecule has 1 amide bonds. The first-order chi connectivity index (χ1) is 10.0. The van der Waals surface area contributed by atoms with Crippen LogP contribution in [0.3, 0.4) is 0 Å². The van der Waals surface area contributed by atoms with Crippen LogP contribution in [0.25, 0.3) is 21.5 Å². The van der Waals surface area contributed by atoms with Gasteiger partial charge in [0.2, 0.25) is 5.91 Å². The molecule has 106 valence electrons. The van der Waals surface area contributed by atoms with Crippen molar-refractivity contribution in [1.29, 1.82) is 0 Å². The molecule has 2 heterocycles. The number of nitrogens with two attached hydrogens (primary N) is 1. The van der Waals surface area contributed by atoms with E-state index in [1.165, 1.54) is 0 Å². The van der Waals surface area contributed by atoms with Gasteiger partial charge in [-0.05, 0) is 37.1 Å². The summed E-state index contributed by atoms with van der Waals surface area (Å²) in [5.74, 6) is -0.333. The van der Waals surface area contributed by atoms with Crippen molar-refractivity contribution in [3.8, 4) is 10.6 Å². The van der Waals surface area contributed by atoms with Gasteiger partial charge in [-0.2, -0.15) is 0 Å². The zero-order chi connectivity index (χ0) is 15.0. The largest absolute Gasteiger partial charge is 0.369 e. The van der Waals surface area contributed by atoms with Crippen molar-refractivity contribution in [2.24, 2.45) is 5.73 Å². The van der Waals surface area contributed by atoms with Crippen LogP contribution in [-0.2, 0) is 11.2 Å². The van der Waals surface area contributed by atoms with Crippen LogP contribution < -0.4 is 5.73 Å². The van der Waals surface area contributed by atoms with Crippen LogP contribution in [0.1, 0.15) is 16.1 Å². The number of aryl methyl sites for hydroxylation is 2. The second-order valence-electron chi connectivity index (χ2n) is 5.06. The Labute approximate surface area is 126 Å². The van der Waals surface area contributed by atoms with E-state index in [1.54, 1.807) is 11.3 Å².